The van der Waals surface area contributed by atoms with Crippen molar-refractivity contribution in [2.24, 2.45) is 0 Å². The lowest BCUT2D eigenvalue weighted by Crippen LogP contribution is -2.11. The SMILES string of the molecule is COc1ccccc1C(=O)OCc1c(C(C)C)nc2c(Cl)cc(C(F)(F)F)cn12. The summed E-state index contributed by atoms with van der Waals surface area (Å²) < 4.78 is 51.4. The number of nitrogens with zero attached hydrogens (tertiary/aromatic N) is 2. The van der Waals surface area contributed by atoms with E-state index in [1.54, 1.807) is 18.2 Å². The Labute approximate surface area is 170 Å². The maximum absolute atomic E-state index is 13.2. The van der Waals surface area contributed by atoms with Gasteiger partial charge in [-0.05, 0) is 24.1 Å². The molecule has 3 aromatic rings. The number of para-hydroxylation sites is 1. The van der Waals surface area contributed by atoms with Crippen LogP contribution in [0.2, 0.25) is 5.02 Å². The molecule has 2 heterocycles. The second kappa shape index (κ2) is 7.94. The van der Waals surface area contributed by atoms with Gasteiger partial charge in [0.1, 0.15) is 17.9 Å². The molecule has 1 aromatic carbocycles. The van der Waals surface area contributed by atoms with Crippen LogP contribution in [-0.4, -0.2) is 22.5 Å². The fraction of sp³-hybridized carbons (Fsp3) is 0.300. The number of halogens is 4. The van der Waals surface area contributed by atoms with Crippen LogP contribution < -0.4 is 4.74 Å². The molecular weight excluding hydrogens is 409 g/mol. The highest BCUT2D eigenvalue weighted by Gasteiger charge is 2.33. The Morgan fingerprint density at radius 2 is 1.97 bits per heavy atom. The van der Waals surface area contributed by atoms with Gasteiger partial charge < -0.3 is 9.47 Å². The van der Waals surface area contributed by atoms with E-state index in [9.17, 15) is 18.0 Å². The monoisotopic (exact) mass is 426 g/mol. The van der Waals surface area contributed by atoms with Crippen molar-refractivity contribution in [3.63, 3.8) is 0 Å². The Morgan fingerprint density at radius 3 is 2.59 bits per heavy atom. The van der Waals surface area contributed by atoms with Gasteiger partial charge in [-0.3, -0.25) is 4.40 Å². The van der Waals surface area contributed by atoms with Crippen LogP contribution >= 0.6 is 11.6 Å². The van der Waals surface area contributed by atoms with Gasteiger partial charge in [0.25, 0.3) is 0 Å². The van der Waals surface area contributed by atoms with Crippen LogP contribution in [0.25, 0.3) is 5.65 Å². The highest BCUT2D eigenvalue weighted by molar-refractivity contribution is 6.33. The van der Waals surface area contributed by atoms with E-state index in [0.29, 0.717) is 17.1 Å². The number of hydrogen-bond donors (Lipinski definition) is 0. The van der Waals surface area contributed by atoms with E-state index in [4.69, 9.17) is 21.1 Å². The van der Waals surface area contributed by atoms with E-state index in [2.05, 4.69) is 4.98 Å². The van der Waals surface area contributed by atoms with Crippen LogP contribution in [0.15, 0.2) is 36.5 Å². The largest absolute Gasteiger partial charge is 0.496 e. The van der Waals surface area contributed by atoms with Crippen LogP contribution in [0, 0.1) is 0 Å². The summed E-state index contributed by atoms with van der Waals surface area (Å²) in [4.78, 5) is 16.9. The van der Waals surface area contributed by atoms with Crippen molar-refractivity contribution < 1.29 is 27.4 Å². The Kier molecular flexibility index (Phi) is 5.75. The molecule has 5 nitrogen and oxygen atoms in total. The zero-order valence-electron chi connectivity index (χ0n) is 15.9. The first-order chi connectivity index (χ1) is 13.6. The second-order valence-electron chi connectivity index (χ2n) is 6.64. The Morgan fingerprint density at radius 1 is 1.28 bits per heavy atom. The molecule has 0 radical (unpaired) electrons. The topological polar surface area (TPSA) is 52.8 Å². The maximum atomic E-state index is 13.2. The van der Waals surface area contributed by atoms with Crippen molar-refractivity contribution in [1.82, 2.24) is 9.38 Å². The van der Waals surface area contributed by atoms with Crippen molar-refractivity contribution in [2.75, 3.05) is 7.11 Å². The number of esters is 1. The highest BCUT2D eigenvalue weighted by atomic mass is 35.5. The van der Waals surface area contributed by atoms with Gasteiger partial charge in [0.05, 0.1) is 29.1 Å². The first-order valence-electron chi connectivity index (χ1n) is 8.71. The molecule has 0 atom stereocenters. The average molecular weight is 427 g/mol. The lowest BCUT2D eigenvalue weighted by atomic mass is 10.1. The number of carbonyl (C=O) groups excluding carboxylic acids is 1. The van der Waals surface area contributed by atoms with Crippen molar-refractivity contribution >= 4 is 23.2 Å². The van der Waals surface area contributed by atoms with Gasteiger partial charge in [0.2, 0.25) is 0 Å². The number of hydrogen-bond acceptors (Lipinski definition) is 4. The van der Waals surface area contributed by atoms with Crippen molar-refractivity contribution in [2.45, 2.75) is 32.5 Å². The van der Waals surface area contributed by atoms with Crippen LogP contribution in [0.3, 0.4) is 0 Å². The van der Waals surface area contributed by atoms with Gasteiger partial charge in [-0.2, -0.15) is 13.2 Å². The Hall–Kier alpha value is -2.74. The number of alkyl halides is 3. The predicted molar refractivity (Wildman–Crippen MR) is 101 cm³/mol. The summed E-state index contributed by atoms with van der Waals surface area (Å²) >= 11 is 6.05. The molecule has 0 aliphatic rings. The first-order valence-corrected chi connectivity index (χ1v) is 9.09. The number of rotatable bonds is 5. The van der Waals surface area contributed by atoms with E-state index >= 15 is 0 Å². The average Bonchev–Trinajstić information content (AvgIpc) is 3.05. The van der Waals surface area contributed by atoms with Gasteiger partial charge in [-0.25, -0.2) is 9.78 Å². The number of imidazole rings is 1. The molecule has 9 heteroatoms. The molecule has 0 fully saturated rings. The summed E-state index contributed by atoms with van der Waals surface area (Å²) in [6, 6.07) is 7.34. The Balaban J connectivity index is 2.02. The second-order valence-corrected chi connectivity index (χ2v) is 7.05. The molecule has 0 aliphatic heterocycles. The standard InChI is InChI=1S/C20H18ClF3N2O3/c1-11(2)17-15(10-29-19(27)13-6-4-5-7-16(13)28-3)26-9-12(20(22,23)24)8-14(21)18(26)25-17/h4-9,11H,10H2,1-3H3. The third-order valence-corrected chi connectivity index (χ3v) is 4.62. The summed E-state index contributed by atoms with van der Waals surface area (Å²) in [5.74, 6) is -0.451. The summed E-state index contributed by atoms with van der Waals surface area (Å²) in [6.07, 6.45) is -3.67. The third-order valence-electron chi connectivity index (χ3n) is 4.35. The van der Waals surface area contributed by atoms with E-state index < -0.39 is 17.7 Å². The number of methoxy groups -OCH3 is 1. The summed E-state index contributed by atoms with van der Waals surface area (Å²) in [5, 5.41) is -0.135. The van der Waals surface area contributed by atoms with E-state index in [0.717, 1.165) is 12.3 Å². The van der Waals surface area contributed by atoms with Crippen molar-refractivity contribution in [3.05, 3.63) is 64.1 Å². The van der Waals surface area contributed by atoms with Gasteiger partial charge in [0.15, 0.2) is 5.65 Å². The van der Waals surface area contributed by atoms with Gasteiger partial charge >= 0.3 is 12.1 Å². The minimum Gasteiger partial charge on any atom is -0.496 e. The quantitative estimate of drug-likeness (QED) is 0.506. The summed E-state index contributed by atoms with van der Waals surface area (Å²) in [6.45, 7) is 3.40. The molecular formula is C20H18ClF3N2O3. The smallest absolute Gasteiger partial charge is 0.417 e. The number of benzene rings is 1. The number of fused-ring (bicyclic) bond motifs is 1. The molecule has 3 rings (SSSR count). The molecule has 0 saturated heterocycles. The molecule has 0 bridgehead atoms. The molecule has 0 aliphatic carbocycles. The van der Waals surface area contributed by atoms with Crippen molar-refractivity contribution in [1.29, 1.82) is 0 Å². The van der Waals surface area contributed by atoms with Crippen molar-refractivity contribution in [3.8, 4) is 5.75 Å². The molecule has 154 valence electrons. The van der Waals surface area contributed by atoms with Crippen LogP contribution in [0.5, 0.6) is 5.75 Å². The molecule has 0 unspecified atom stereocenters. The van der Waals surface area contributed by atoms with Crippen LogP contribution in [0.1, 0.15) is 47.1 Å². The zero-order valence-corrected chi connectivity index (χ0v) is 16.6. The third kappa shape index (κ3) is 4.17. The lowest BCUT2D eigenvalue weighted by Gasteiger charge is -2.12. The number of pyridine rings is 1. The molecule has 0 N–H and O–H groups in total. The first kappa shape index (κ1) is 21.0. The number of carbonyl (C=O) groups is 1. The maximum Gasteiger partial charge on any atom is 0.417 e. The summed E-state index contributed by atoms with van der Waals surface area (Å²) in [7, 11) is 1.42. The Bertz CT molecular complexity index is 1060. The number of ether oxygens (including phenoxy) is 2. The normalized spacial score (nSPS) is 11.9. The highest BCUT2D eigenvalue weighted by Crippen LogP contribution is 2.34. The molecule has 2 aromatic heterocycles. The molecule has 0 spiro atoms. The lowest BCUT2D eigenvalue weighted by molar-refractivity contribution is -0.137. The minimum absolute atomic E-state index is 0.125. The van der Waals surface area contributed by atoms with Gasteiger partial charge in [-0.1, -0.05) is 37.6 Å². The van der Waals surface area contributed by atoms with E-state index in [-0.39, 0.29) is 28.8 Å². The molecule has 0 amide bonds. The molecule has 29 heavy (non-hydrogen) atoms. The summed E-state index contributed by atoms with van der Waals surface area (Å²) in [5.41, 5.74) is 0.293. The van der Waals surface area contributed by atoms with Crippen LogP contribution in [0.4, 0.5) is 13.2 Å². The van der Waals surface area contributed by atoms with Gasteiger partial charge in [0, 0.05) is 6.20 Å². The fourth-order valence-electron chi connectivity index (χ4n) is 2.95. The van der Waals surface area contributed by atoms with E-state index in [1.165, 1.54) is 17.6 Å². The van der Waals surface area contributed by atoms with Gasteiger partial charge in [-0.15, -0.1) is 0 Å². The van der Waals surface area contributed by atoms with E-state index in [1.807, 2.05) is 13.8 Å². The minimum atomic E-state index is -4.58. The number of aromatic nitrogens is 2. The molecule has 0 saturated carbocycles. The fourth-order valence-corrected chi connectivity index (χ4v) is 3.21. The zero-order chi connectivity index (χ0) is 21.3. The van der Waals surface area contributed by atoms with Crippen LogP contribution in [-0.2, 0) is 17.5 Å². The predicted octanol–water partition coefficient (Wildman–Crippen LogP) is 5.50.